The molecule has 0 aliphatic carbocycles. The van der Waals surface area contributed by atoms with E-state index in [1.165, 1.54) is 7.05 Å². The summed E-state index contributed by atoms with van der Waals surface area (Å²) in [6, 6.07) is 7.19. The molecule has 0 unspecified atom stereocenters. The lowest BCUT2D eigenvalue weighted by molar-refractivity contribution is 0.574. The highest BCUT2D eigenvalue weighted by Crippen LogP contribution is 2.16. The van der Waals surface area contributed by atoms with Crippen molar-refractivity contribution in [1.82, 2.24) is 10.0 Å². The first-order valence-corrected chi connectivity index (χ1v) is 8.97. The minimum absolute atomic E-state index is 0.209. The molecule has 0 bridgehead atoms. The van der Waals surface area contributed by atoms with E-state index in [2.05, 4.69) is 30.1 Å². The Hall–Kier alpha value is -0.560. The van der Waals surface area contributed by atoms with Crippen molar-refractivity contribution in [3.05, 3.63) is 29.8 Å². The molecule has 0 fully saturated rings. The van der Waals surface area contributed by atoms with Crippen LogP contribution in [0, 0.1) is 0 Å². The van der Waals surface area contributed by atoms with Crippen LogP contribution < -0.4 is 10.0 Å². The Balaban J connectivity index is 2.71. The van der Waals surface area contributed by atoms with Crippen LogP contribution in [-0.4, -0.2) is 33.5 Å². The van der Waals surface area contributed by atoms with E-state index < -0.39 is 10.0 Å². The zero-order valence-electron chi connectivity index (χ0n) is 11.8. The summed E-state index contributed by atoms with van der Waals surface area (Å²) in [6.07, 6.45) is 2.09. The third kappa shape index (κ3) is 4.80. The molecule has 19 heavy (non-hydrogen) atoms. The summed E-state index contributed by atoms with van der Waals surface area (Å²) in [4.78, 5) is 0.295. The van der Waals surface area contributed by atoms with Gasteiger partial charge in [-0.1, -0.05) is 19.1 Å². The molecule has 1 aromatic carbocycles. The predicted octanol–water partition coefficient (Wildman–Crippen LogP) is 2.00. The smallest absolute Gasteiger partial charge is 0.240 e. The first-order valence-electron chi connectivity index (χ1n) is 6.20. The van der Waals surface area contributed by atoms with Crippen molar-refractivity contribution in [2.45, 2.75) is 30.0 Å². The van der Waals surface area contributed by atoms with E-state index >= 15 is 0 Å². The largest absolute Gasteiger partial charge is 0.309 e. The van der Waals surface area contributed by atoms with Gasteiger partial charge < -0.3 is 5.32 Å². The highest BCUT2D eigenvalue weighted by molar-refractivity contribution is 7.99. The Kier molecular flexibility index (Phi) is 6.32. The predicted molar refractivity (Wildman–Crippen MR) is 82.1 cm³/mol. The number of nitrogens with one attached hydrogen (secondary N) is 2. The zero-order chi connectivity index (χ0) is 14.5. The molecule has 0 amide bonds. The fourth-order valence-corrected chi connectivity index (χ4v) is 2.59. The topological polar surface area (TPSA) is 58.2 Å². The van der Waals surface area contributed by atoms with Crippen LogP contribution in [0.5, 0.6) is 0 Å². The first kappa shape index (κ1) is 16.5. The lowest BCUT2D eigenvalue weighted by Gasteiger charge is -2.17. The van der Waals surface area contributed by atoms with E-state index in [4.69, 9.17) is 0 Å². The molecule has 2 atom stereocenters. The van der Waals surface area contributed by atoms with Crippen molar-refractivity contribution >= 4 is 21.8 Å². The Morgan fingerprint density at radius 1 is 1.21 bits per heavy atom. The average molecular weight is 302 g/mol. The molecule has 0 heterocycles. The maximum absolute atomic E-state index is 11.6. The number of sulfonamides is 1. The lowest BCUT2D eigenvalue weighted by Crippen LogP contribution is -2.25. The second-order valence-corrected chi connectivity index (χ2v) is 7.62. The molecular weight excluding hydrogens is 280 g/mol. The Labute approximate surface area is 120 Å². The SMILES string of the molecule is CNS(=O)(=O)c1ccc([C@H](C)NC[C@@H](C)SC)cc1. The van der Waals surface area contributed by atoms with E-state index in [0.717, 1.165) is 12.1 Å². The maximum Gasteiger partial charge on any atom is 0.240 e. The number of hydrogen-bond acceptors (Lipinski definition) is 4. The molecule has 1 aromatic rings. The molecule has 1 rings (SSSR count). The van der Waals surface area contributed by atoms with Gasteiger partial charge in [-0.3, -0.25) is 0 Å². The van der Waals surface area contributed by atoms with Crippen molar-refractivity contribution in [2.24, 2.45) is 0 Å². The van der Waals surface area contributed by atoms with Gasteiger partial charge in [-0.05, 0) is 37.9 Å². The third-order valence-electron chi connectivity index (χ3n) is 3.07. The summed E-state index contributed by atoms with van der Waals surface area (Å²) >= 11 is 1.82. The van der Waals surface area contributed by atoms with Gasteiger partial charge in [0.05, 0.1) is 4.90 Å². The lowest BCUT2D eigenvalue weighted by atomic mass is 10.1. The Morgan fingerprint density at radius 3 is 2.26 bits per heavy atom. The van der Waals surface area contributed by atoms with E-state index in [1.807, 2.05) is 23.9 Å². The summed E-state index contributed by atoms with van der Waals surface area (Å²) in [5.74, 6) is 0. The van der Waals surface area contributed by atoms with Crippen LogP contribution in [0.25, 0.3) is 0 Å². The van der Waals surface area contributed by atoms with Crippen LogP contribution >= 0.6 is 11.8 Å². The minimum atomic E-state index is -3.34. The number of hydrogen-bond donors (Lipinski definition) is 2. The number of benzene rings is 1. The van der Waals surface area contributed by atoms with Gasteiger partial charge in [0.2, 0.25) is 10.0 Å². The van der Waals surface area contributed by atoms with Crippen molar-refractivity contribution in [3.63, 3.8) is 0 Å². The molecule has 6 heteroatoms. The molecule has 0 spiro atoms. The van der Waals surface area contributed by atoms with Gasteiger partial charge in [0.15, 0.2) is 0 Å². The summed E-state index contributed by atoms with van der Waals surface area (Å²) in [5, 5.41) is 4.00. The fourth-order valence-electron chi connectivity index (χ4n) is 1.60. The Morgan fingerprint density at radius 2 is 1.79 bits per heavy atom. The van der Waals surface area contributed by atoms with Crippen LogP contribution in [0.4, 0.5) is 0 Å². The van der Waals surface area contributed by atoms with E-state index in [-0.39, 0.29) is 6.04 Å². The van der Waals surface area contributed by atoms with E-state index in [0.29, 0.717) is 10.1 Å². The van der Waals surface area contributed by atoms with Crippen LogP contribution in [0.15, 0.2) is 29.2 Å². The van der Waals surface area contributed by atoms with Crippen molar-refractivity contribution < 1.29 is 8.42 Å². The summed E-state index contributed by atoms with van der Waals surface area (Å²) in [6.45, 7) is 5.18. The first-order chi connectivity index (χ1) is 8.90. The van der Waals surface area contributed by atoms with Gasteiger partial charge in [-0.2, -0.15) is 11.8 Å². The van der Waals surface area contributed by atoms with Gasteiger partial charge >= 0.3 is 0 Å². The average Bonchev–Trinajstić information content (AvgIpc) is 2.44. The van der Waals surface area contributed by atoms with Gasteiger partial charge in [0.25, 0.3) is 0 Å². The van der Waals surface area contributed by atoms with Crippen LogP contribution in [0.1, 0.15) is 25.5 Å². The van der Waals surface area contributed by atoms with Crippen molar-refractivity contribution in [2.75, 3.05) is 19.8 Å². The van der Waals surface area contributed by atoms with E-state index in [1.54, 1.807) is 12.1 Å². The van der Waals surface area contributed by atoms with Crippen LogP contribution in [0.3, 0.4) is 0 Å². The minimum Gasteiger partial charge on any atom is -0.309 e. The molecule has 0 radical (unpaired) electrons. The van der Waals surface area contributed by atoms with Crippen LogP contribution in [0.2, 0.25) is 0 Å². The number of thioether (sulfide) groups is 1. The fraction of sp³-hybridized carbons (Fsp3) is 0.538. The second kappa shape index (κ2) is 7.28. The Bertz CT molecular complexity index is 486. The molecular formula is C13H22N2O2S2. The standard InChI is InChI=1S/C13H22N2O2S2/c1-10(18-4)9-15-11(2)12-5-7-13(8-6-12)19(16,17)14-3/h5-8,10-11,14-15H,9H2,1-4H3/t10-,11+/m1/s1. The highest BCUT2D eigenvalue weighted by Gasteiger charge is 2.12. The van der Waals surface area contributed by atoms with Gasteiger partial charge in [-0.25, -0.2) is 13.1 Å². The zero-order valence-corrected chi connectivity index (χ0v) is 13.4. The summed E-state index contributed by atoms with van der Waals surface area (Å²) in [5.41, 5.74) is 1.09. The molecule has 0 aliphatic heterocycles. The van der Waals surface area contributed by atoms with Crippen LogP contribution in [-0.2, 0) is 10.0 Å². The highest BCUT2D eigenvalue weighted by atomic mass is 32.2. The molecule has 108 valence electrons. The molecule has 0 saturated carbocycles. The molecule has 4 nitrogen and oxygen atoms in total. The third-order valence-corrected chi connectivity index (χ3v) is 5.47. The van der Waals surface area contributed by atoms with Gasteiger partial charge in [-0.15, -0.1) is 0 Å². The summed E-state index contributed by atoms with van der Waals surface area (Å²) in [7, 11) is -1.93. The second-order valence-electron chi connectivity index (χ2n) is 4.45. The van der Waals surface area contributed by atoms with Crippen molar-refractivity contribution in [1.29, 1.82) is 0 Å². The number of rotatable bonds is 7. The molecule has 2 N–H and O–H groups in total. The van der Waals surface area contributed by atoms with Gasteiger partial charge in [0.1, 0.15) is 0 Å². The maximum atomic E-state index is 11.6. The van der Waals surface area contributed by atoms with Crippen molar-refractivity contribution in [3.8, 4) is 0 Å². The van der Waals surface area contributed by atoms with E-state index in [9.17, 15) is 8.42 Å². The summed E-state index contributed by atoms with van der Waals surface area (Å²) < 4.78 is 25.5. The molecule has 0 aliphatic rings. The quantitative estimate of drug-likeness (QED) is 0.809. The monoisotopic (exact) mass is 302 g/mol. The molecule has 0 saturated heterocycles. The molecule has 0 aromatic heterocycles. The normalized spacial score (nSPS) is 15.2. The van der Waals surface area contributed by atoms with Gasteiger partial charge in [0, 0.05) is 17.8 Å².